The lowest BCUT2D eigenvalue weighted by Gasteiger charge is -2.28. The van der Waals surface area contributed by atoms with E-state index < -0.39 is 5.82 Å². The van der Waals surface area contributed by atoms with Crippen LogP contribution in [0.1, 0.15) is 29.6 Å². The zero-order valence-electron chi connectivity index (χ0n) is 10.9. The van der Waals surface area contributed by atoms with Gasteiger partial charge in [-0.1, -0.05) is 11.6 Å². The van der Waals surface area contributed by atoms with Crippen molar-refractivity contribution in [3.8, 4) is 0 Å². The largest absolute Gasteiger partial charge is 0.331 e. The van der Waals surface area contributed by atoms with Gasteiger partial charge in [0.25, 0.3) is 5.91 Å². The molecule has 2 atom stereocenters. The number of carbonyl (C=O) groups is 1. The van der Waals surface area contributed by atoms with Gasteiger partial charge in [-0.2, -0.15) is 0 Å². The molecule has 1 N–H and O–H groups in total. The number of carbonyl (C=O) groups excluding carboxylic acids is 1. The SMILES string of the molecule is Cl.O=C(c1ccc(F)cc1Cl)N1C2CCNCC1CC2. The van der Waals surface area contributed by atoms with Crippen molar-refractivity contribution in [2.24, 2.45) is 0 Å². The van der Waals surface area contributed by atoms with Gasteiger partial charge in [0.05, 0.1) is 10.6 Å². The van der Waals surface area contributed by atoms with Crippen LogP contribution in [0.3, 0.4) is 0 Å². The van der Waals surface area contributed by atoms with Crippen molar-refractivity contribution in [3.63, 3.8) is 0 Å². The van der Waals surface area contributed by atoms with E-state index in [0.717, 1.165) is 32.4 Å². The molecule has 1 amide bonds. The molecule has 0 aromatic heterocycles. The Labute approximate surface area is 128 Å². The number of benzene rings is 1. The standard InChI is InChI=1S/C14H16ClFN2O.ClH/c15-13-7-9(16)1-4-12(13)14(19)18-10-2-3-11(18)8-17-6-5-10;/h1,4,7,10-11,17H,2-3,5-6,8H2;1H. The topological polar surface area (TPSA) is 32.3 Å². The summed E-state index contributed by atoms with van der Waals surface area (Å²) in [6, 6.07) is 4.50. The summed E-state index contributed by atoms with van der Waals surface area (Å²) in [7, 11) is 0. The Hall–Kier alpha value is -0.840. The first-order chi connectivity index (χ1) is 9.16. The molecule has 2 aliphatic rings. The monoisotopic (exact) mass is 318 g/mol. The van der Waals surface area contributed by atoms with Gasteiger partial charge < -0.3 is 10.2 Å². The Balaban J connectivity index is 0.00000147. The molecule has 2 fully saturated rings. The summed E-state index contributed by atoms with van der Waals surface area (Å²) >= 11 is 6.00. The second-order valence-corrected chi connectivity index (χ2v) is 5.62. The lowest BCUT2D eigenvalue weighted by atomic mass is 10.1. The van der Waals surface area contributed by atoms with Gasteiger partial charge in [0.2, 0.25) is 0 Å². The van der Waals surface area contributed by atoms with Crippen molar-refractivity contribution in [3.05, 3.63) is 34.6 Å². The number of halogens is 3. The van der Waals surface area contributed by atoms with Crippen molar-refractivity contribution in [1.82, 2.24) is 10.2 Å². The third kappa shape index (κ3) is 2.78. The van der Waals surface area contributed by atoms with Gasteiger partial charge >= 0.3 is 0 Å². The second-order valence-electron chi connectivity index (χ2n) is 5.21. The van der Waals surface area contributed by atoms with E-state index in [2.05, 4.69) is 5.32 Å². The first-order valence-electron chi connectivity index (χ1n) is 6.65. The lowest BCUT2D eigenvalue weighted by Crippen LogP contribution is -2.42. The Kier molecular flexibility index (Phi) is 4.89. The van der Waals surface area contributed by atoms with E-state index in [1.807, 2.05) is 4.90 Å². The fourth-order valence-corrected chi connectivity index (χ4v) is 3.36. The maximum atomic E-state index is 13.1. The summed E-state index contributed by atoms with van der Waals surface area (Å²) in [4.78, 5) is 14.6. The summed E-state index contributed by atoms with van der Waals surface area (Å²) in [6.07, 6.45) is 3.06. The van der Waals surface area contributed by atoms with Crippen molar-refractivity contribution in [1.29, 1.82) is 0 Å². The molecule has 0 saturated carbocycles. The van der Waals surface area contributed by atoms with E-state index in [0.29, 0.717) is 5.56 Å². The summed E-state index contributed by atoms with van der Waals surface area (Å²) in [6.45, 7) is 1.78. The molecule has 2 heterocycles. The van der Waals surface area contributed by atoms with Gasteiger partial charge in [-0.25, -0.2) is 4.39 Å². The molecule has 0 aliphatic carbocycles. The average molecular weight is 319 g/mol. The molecule has 6 heteroatoms. The van der Waals surface area contributed by atoms with Crippen molar-refractivity contribution in [2.75, 3.05) is 13.1 Å². The molecule has 2 saturated heterocycles. The molecule has 20 heavy (non-hydrogen) atoms. The highest BCUT2D eigenvalue weighted by Gasteiger charge is 2.38. The Bertz CT molecular complexity index is 498. The summed E-state index contributed by atoms with van der Waals surface area (Å²) in [5.41, 5.74) is 0.405. The molecule has 2 bridgehead atoms. The molecule has 3 rings (SSSR count). The van der Waals surface area contributed by atoms with Crippen LogP contribution in [0.5, 0.6) is 0 Å². The van der Waals surface area contributed by atoms with E-state index in [1.165, 1.54) is 18.2 Å². The van der Waals surface area contributed by atoms with Crippen molar-refractivity contribution in [2.45, 2.75) is 31.3 Å². The summed E-state index contributed by atoms with van der Waals surface area (Å²) < 4.78 is 13.1. The first-order valence-corrected chi connectivity index (χ1v) is 7.03. The van der Waals surface area contributed by atoms with Gasteiger partial charge in [0.15, 0.2) is 0 Å². The third-order valence-corrected chi connectivity index (χ3v) is 4.36. The molecular formula is C14H17Cl2FN2O. The average Bonchev–Trinajstić information content (AvgIpc) is 2.62. The lowest BCUT2D eigenvalue weighted by molar-refractivity contribution is 0.0680. The van der Waals surface area contributed by atoms with Crippen molar-refractivity contribution >= 4 is 29.9 Å². The molecule has 3 nitrogen and oxygen atoms in total. The fourth-order valence-electron chi connectivity index (χ4n) is 3.12. The highest BCUT2D eigenvalue weighted by molar-refractivity contribution is 6.33. The number of fused-ring (bicyclic) bond motifs is 2. The van der Waals surface area contributed by atoms with E-state index in [4.69, 9.17) is 11.6 Å². The number of hydrogen-bond acceptors (Lipinski definition) is 2. The predicted octanol–water partition coefficient (Wildman–Crippen LogP) is 2.87. The van der Waals surface area contributed by atoms with E-state index in [1.54, 1.807) is 0 Å². The van der Waals surface area contributed by atoms with Crippen LogP contribution in [0.4, 0.5) is 4.39 Å². The van der Waals surface area contributed by atoms with Gasteiger partial charge in [0, 0.05) is 18.6 Å². The fraction of sp³-hybridized carbons (Fsp3) is 0.500. The van der Waals surface area contributed by atoms with Crippen LogP contribution in [0.2, 0.25) is 5.02 Å². The van der Waals surface area contributed by atoms with E-state index >= 15 is 0 Å². The van der Waals surface area contributed by atoms with Crippen LogP contribution in [0, 0.1) is 5.82 Å². The molecular weight excluding hydrogens is 302 g/mol. The number of nitrogens with zero attached hydrogens (tertiary/aromatic N) is 1. The normalized spacial score (nSPS) is 25.0. The Morgan fingerprint density at radius 1 is 1.30 bits per heavy atom. The third-order valence-electron chi connectivity index (χ3n) is 4.05. The van der Waals surface area contributed by atoms with Crippen LogP contribution in [0.15, 0.2) is 18.2 Å². The molecule has 0 radical (unpaired) electrons. The molecule has 0 spiro atoms. The minimum Gasteiger partial charge on any atom is -0.331 e. The van der Waals surface area contributed by atoms with Crippen LogP contribution in [-0.2, 0) is 0 Å². The zero-order chi connectivity index (χ0) is 13.4. The van der Waals surface area contributed by atoms with Crippen LogP contribution >= 0.6 is 24.0 Å². The van der Waals surface area contributed by atoms with Gasteiger partial charge in [-0.3, -0.25) is 4.79 Å². The molecule has 1 aromatic rings. The Morgan fingerprint density at radius 3 is 2.80 bits per heavy atom. The van der Waals surface area contributed by atoms with E-state index in [-0.39, 0.29) is 35.4 Å². The maximum absolute atomic E-state index is 13.1. The highest BCUT2D eigenvalue weighted by atomic mass is 35.5. The molecule has 2 unspecified atom stereocenters. The van der Waals surface area contributed by atoms with Crippen LogP contribution in [0.25, 0.3) is 0 Å². The number of nitrogens with one attached hydrogen (secondary N) is 1. The number of amides is 1. The zero-order valence-corrected chi connectivity index (χ0v) is 12.5. The molecule has 110 valence electrons. The Morgan fingerprint density at radius 2 is 2.05 bits per heavy atom. The minimum atomic E-state index is -0.415. The number of rotatable bonds is 1. The summed E-state index contributed by atoms with van der Waals surface area (Å²) in [5, 5.41) is 3.55. The minimum absolute atomic E-state index is 0. The number of hydrogen-bond donors (Lipinski definition) is 1. The highest BCUT2D eigenvalue weighted by Crippen LogP contribution is 2.31. The smallest absolute Gasteiger partial charge is 0.255 e. The quantitative estimate of drug-likeness (QED) is 0.863. The predicted molar refractivity (Wildman–Crippen MR) is 79.1 cm³/mol. The van der Waals surface area contributed by atoms with Gasteiger partial charge in [-0.15, -0.1) is 12.4 Å². The van der Waals surface area contributed by atoms with Crippen LogP contribution in [-0.4, -0.2) is 36.0 Å². The van der Waals surface area contributed by atoms with Gasteiger partial charge in [0.1, 0.15) is 5.82 Å². The van der Waals surface area contributed by atoms with Crippen molar-refractivity contribution < 1.29 is 9.18 Å². The first kappa shape index (κ1) is 15.5. The summed E-state index contributed by atoms with van der Waals surface area (Å²) in [5.74, 6) is -0.483. The van der Waals surface area contributed by atoms with Gasteiger partial charge in [-0.05, 0) is 44.0 Å². The second kappa shape index (κ2) is 6.29. The molecule has 1 aromatic carbocycles. The molecule has 2 aliphatic heterocycles. The maximum Gasteiger partial charge on any atom is 0.255 e. The van der Waals surface area contributed by atoms with E-state index in [9.17, 15) is 9.18 Å². The van der Waals surface area contributed by atoms with Crippen LogP contribution < -0.4 is 5.32 Å².